The molecule has 115 valence electrons. The summed E-state index contributed by atoms with van der Waals surface area (Å²) in [4.78, 5) is 20.6. The Bertz CT molecular complexity index is 828. The van der Waals surface area contributed by atoms with Crippen LogP contribution in [0.25, 0.3) is 0 Å². The van der Waals surface area contributed by atoms with E-state index in [4.69, 9.17) is 5.26 Å². The first-order chi connectivity index (χ1) is 10.9. The van der Waals surface area contributed by atoms with Crippen LogP contribution in [0.5, 0.6) is 0 Å². The molecule has 9 nitrogen and oxygen atoms in total. The summed E-state index contributed by atoms with van der Waals surface area (Å²) in [6, 6.07) is 9.85. The number of nitrogens with one attached hydrogen (secondary N) is 1. The van der Waals surface area contributed by atoms with Crippen molar-refractivity contribution < 1.29 is 9.85 Å². The molecule has 0 spiro atoms. The number of benzene rings is 2. The maximum absolute atomic E-state index is 11.0. The van der Waals surface area contributed by atoms with Crippen molar-refractivity contribution in [3.63, 3.8) is 0 Å². The average Bonchev–Trinajstić information content (AvgIpc) is 2.53. The van der Waals surface area contributed by atoms with Gasteiger partial charge in [-0.05, 0) is 30.7 Å². The second-order valence-corrected chi connectivity index (χ2v) is 4.55. The predicted octanol–water partition coefficient (Wildman–Crippen LogP) is 2.95. The Morgan fingerprint density at radius 1 is 1.13 bits per heavy atom. The number of hydrogen-bond donors (Lipinski definition) is 1. The Hall–Kier alpha value is -3.67. The highest BCUT2D eigenvalue weighted by atomic mass is 16.6. The van der Waals surface area contributed by atoms with E-state index >= 15 is 0 Å². The molecule has 1 radical (unpaired) electrons. The number of nitriles is 1. The lowest BCUT2D eigenvalue weighted by Crippen LogP contribution is -2.10. The lowest BCUT2D eigenvalue weighted by Gasteiger charge is -2.09. The first-order valence-electron chi connectivity index (χ1n) is 6.32. The maximum Gasteiger partial charge on any atom is 0.295 e. The highest BCUT2D eigenvalue weighted by Gasteiger charge is 2.16. The Morgan fingerprint density at radius 3 is 2.43 bits per heavy atom. The summed E-state index contributed by atoms with van der Waals surface area (Å²) >= 11 is 0. The molecule has 1 N–H and O–H groups in total. The van der Waals surface area contributed by atoms with Crippen molar-refractivity contribution in [2.24, 2.45) is 0 Å². The van der Waals surface area contributed by atoms with Crippen LogP contribution in [0.1, 0.15) is 11.1 Å². The molecule has 0 aromatic heterocycles. The van der Waals surface area contributed by atoms with Gasteiger partial charge in [0.05, 0.1) is 27.2 Å². The van der Waals surface area contributed by atoms with Crippen LogP contribution in [0.4, 0.5) is 22.7 Å². The smallest absolute Gasteiger partial charge is 0.271 e. The Balaban J connectivity index is 2.23. The van der Waals surface area contributed by atoms with Crippen LogP contribution in [-0.4, -0.2) is 9.85 Å². The average molecular weight is 312 g/mol. The van der Waals surface area contributed by atoms with Crippen LogP contribution in [0.15, 0.2) is 36.4 Å². The van der Waals surface area contributed by atoms with Crippen LogP contribution < -0.4 is 10.9 Å². The summed E-state index contributed by atoms with van der Waals surface area (Å²) in [5, 5.41) is 30.5. The molecule has 0 aliphatic rings. The molecule has 0 aliphatic heterocycles. The van der Waals surface area contributed by atoms with E-state index in [0.717, 1.165) is 6.07 Å². The van der Waals surface area contributed by atoms with E-state index in [1.54, 1.807) is 6.92 Å². The molecule has 0 saturated heterocycles. The van der Waals surface area contributed by atoms with Gasteiger partial charge in [-0.2, -0.15) is 10.7 Å². The van der Waals surface area contributed by atoms with Gasteiger partial charge in [0.1, 0.15) is 5.69 Å². The first-order valence-corrected chi connectivity index (χ1v) is 6.32. The molecule has 9 heteroatoms. The lowest BCUT2D eigenvalue weighted by atomic mass is 10.2. The van der Waals surface area contributed by atoms with E-state index < -0.39 is 9.85 Å². The zero-order chi connectivity index (χ0) is 17.0. The van der Waals surface area contributed by atoms with Gasteiger partial charge in [0.15, 0.2) is 0 Å². The zero-order valence-electron chi connectivity index (χ0n) is 11.9. The van der Waals surface area contributed by atoms with Gasteiger partial charge in [-0.15, -0.1) is 0 Å². The first kappa shape index (κ1) is 15.7. The molecule has 23 heavy (non-hydrogen) atoms. The summed E-state index contributed by atoms with van der Waals surface area (Å²) in [6.45, 7) is 1.64. The molecule has 0 aliphatic carbocycles. The normalized spacial score (nSPS) is 9.74. The van der Waals surface area contributed by atoms with Gasteiger partial charge in [0.25, 0.3) is 11.4 Å². The fraction of sp³-hybridized carbons (Fsp3) is 0.0714. The van der Waals surface area contributed by atoms with E-state index in [2.05, 4.69) is 10.9 Å². The summed E-state index contributed by atoms with van der Waals surface area (Å²) in [6.07, 6.45) is 0. The van der Waals surface area contributed by atoms with Crippen molar-refractivity contribution in [2.45, 2.75) is 6.92 Å². The fourth-order valence-corrected chi connectivity index (χ4v) is 1.85. The lowest BCUT2D eigenvalue weighted by molar-refractivity contribution is -0.384. The number of anilines is 1. The summed E-state index contributed by atoms with van der Waals surface area (Å²) in [7, 11) is 0. The van der Waals surface area contributed by atoms with Crippen molar-refractivity contribution in [1.29, 1.82) is 5.26 Å². The van der Waals surface area contributed by atoms with Crippen molar-refractivity contribution in [3.8, 4) is 6.07 Å². The van der Waals surface area contributed by atoms with E-state index in [0.29, 0.717) is 11.3 Å². The summed E-state index contributed by atoms with van der Waals surface area (Å²) in [5.41, 5.74) is 7.46. The number of non-ortho nitro benzene ring substituents is 1. The SMILES string of the molecule is Cc1cc([N+](=O)[O-])ccc1[N]Nc1ccc(C#N)cc1[N+](=O)[O-]. The number of rotatable bonds is 5. The van der Waals surface area contributed by atoms with Crippen molar-refractivity contribution >= 4 is 22.7 Å². The van der Waals surface area contributed by atoms with Crippen LogP contribution in [-0.2, 0) is 0 Å². The van der Waals surface area contributed by atoms with Crippen molar-refractivity contribution in [2.75, 3.05) is 5.43 Å². The highest BCUT2D eigenvalue weighted by molar-refractivity contribution is 5.65. The largest absolute Gasteiger partial charge is 0.295 e. The third-order valence-corrected chi connectivity index (χ3v) is 3.01. The van der Waals surface area contributed by atoms with Gasteiger partial charge >= 0.3 is 0 Å². The van der Waals surface area contributed by atoms with E-state index in [-0.39, 0.29) is 22.6 Å². The molecular formula is C14H10N5O4. The van der Waals surface area contributed by atoms with Crippen LogP contribution >= 0.6 is 0 Å². The van der Waals surface area contributed by atoms with Gasteiger partial charge in [-0.1, -0.05) is 0 Å². The minimum atomic E-state index is -0.624. The molecule has 0 saturated carbocycles. The van der Waals surface area contributed by atoms with E-state index in [1.807, 2.05) is 6.07 Å². The quantitative estimate of drug-likeness (QED) is 0.665. The maximum atomic E-state index is 11.0. The van der Waals surface area contributed by atoms with Crippen molar-refractivity contribution in [3.05, 3.63) is 67.8 Å². The molecule has 2 aromatic rings. The van der Waals surface area contributed by atoms with Crippen LogP contribution in [0, 0.1) is 38.5 Å². The van der Waals surface area contributed by atoms with Gasteiger partial charge < -0.3 is 0 Å². The summed E-state index contributed by atoms with van der Waals surface area (Å²) in [5.74, 6) is 0. The number of nitro benzene ring substituents is 2. The molecule has 0 amide bonds. The third-order valence-electron chi connectivity index (χ3n) is 3.01. The van der Waals surface area contributed by atoms with Gasteiger partial charge in [0.2, 0.25) is 0 Å². The molecule has 0 fully saturated rings. The van der Waals surface area contributed by atoms with Gasteiger partial charge in [-0.25, -0.2) is 0 Å². The van der Waals surface area contributed by atoms with Crippen LogP contribution in [0.3, 0.4) is 0 Å². The Morgan fingerprint density at radius 2 is 1.87 bits per heavy atom. The fourth-order valence-electron chi connectivity index (χ4n) is 1.85. The minimum Gasteiger partial charge on any atom is -0.271 e. The standard InChI is InChI=1S/C14H10N5O4/c1-9-6-11(18(20)21)3-5-12(9)16-17-13-4-2-10(8-15)7-14(13)19(22)23/h2-7,17H,1H3. The number of nitro groups is 2. The second kappa shape index (κ2) is 6.40. The van der Waals surface area contributed by atoms with Crippen molar-refractivity contribution in [1.82, 2.24) is 5.43 Å². The number of hydrogen-bond acceptors (Lipinski definition) is 6. The predicted molar refractivity (Wildman–Crippen MR) is 81.1 cm³/mol. The van der Waals surface area contributed by atoms with E-state index in [1.165, 1.54) is 30.3 Å². The number of nitrogens with zero attached hydrogens (tertiary/aromatic N) is 4. The Kier molecular flexibility index (Phi) is 4.37. The molecule has 0 atom stereocenters. The van der Waals surface area contributed by atoms with Crippen LogP contribution in [0.2, 0.25) is 0 Å². The molecule has 2 rings (SSSR count). The van der Waals surface area contributed by atoms with E-state index in [9.17, 15) is 20.2 Å². The molecule has 2 aromatic carbocycles. The third kappa shape index (κ3) is 3.51. The zero-order valence-corrected chi connectivity index (χ0v) is 11.9. The highest BCUT2D eigenvalue weighted by Crippen LogP contribution is 2.27. The monoisotopic (exact) mass is 312 g/mol. The second-order valence-electron chi connectivity index (χ2n) is 4.55. The summed E-state index contributed by atoms with van der Waals surface area (Å²) < 4.78 is 0. The minimum absolute atomic E-state index is 0.0641. The molecule has 0 bridgehead atoms. The molecular weight excluding hydrogens is 302 g/mol. The molecule has 0 unspecified atom stereocenters. The topological polar surface area (TPSA) is 136 Å². The Labute approximate surface area is 130 Å². The molecule has 0 heterocycles. The number of aryl methyl sites for hydroxylation is 1. The van der Waals surface area contributed by atoms with Gasteiger partial charge in [-0.3, -0.25) is 25.7 Å². The van der Waals surface area contributed by atoms with Gasteiger partial charge in [0, 0.05) is 18.2 Å².